The van der Waals surface area contributed by atoms with Gasteiger partial charge in [0.15, 0.2) is 5.78 Å². The quantitative estimate of drug-likeness (QED) is 0.766. The maximum Gasteiger partial charge on any atom is 0.182 e. The molecule has 82 valence electrons. The molecule has 0 amide bonds. The van der Waals surface area contributed by atoms with E-state index in [-0.39, 0.29) is 5.78 Å². The number of carbonyl (C=O) groups is 1. The predicted molar refractivity (Wildman–Crippen MR) is 60.4 cm³/mol. The molecule has 1 unspecified atom stereocenters. The Labute approximate surface area is 90.2 Å². The Morgan fingerprint density at radius 2 is 2.20 bits per heavy atom. The van der Waals surface area contributed by atoms with Gasteiger partial charge >= 0.3 is 0 Å². The van der Waals surface area contributed by atoms with Crippen LogP contribution < -0.4 is 10.5 Å². The molecular weight excluding hydrogens is 190 g/mol. The zero-order valence-electron chi connectivity index (χ0n) is 9.41. The van der Waals surface area contributed by atoms with Crippen LogP contribution in [-0.4, -0.2) is 18.9 Å². The molecule has 0 fully saturated rings. The number of nitrogens with two attached hydrogens (primary N) is 1. The third-order valence-corrected chi connectivity index (χ3v) is 2.36. The summed E-state index contributed by atoms with van der Waals surface area (Å²) in [6, 6.07) is 5.07. The van der Waals surface area contributed by atoms with Crippen LogP contribution in [-0.2, 0) is 6.42 Å². The monoisotopic (exact) mass is 207 g/mol. The second kappa shape index (κ2) is 4.94. The van der Waals surface area contributed by atoms with E-state index >= 15 is 0 Å². The summed E-state index contributed by atoms with van der Waals surface area (Å²) in [6.45, 7) is 3.71. The summed E-state index contributed by atoms with van der Waals surface area (Å²) in [4.78, 5) is 11.8. The first-order valence-electron chi connectivity index (χ1n) is 5.07. The van der Waals surface area contributed by atoms with Gasteiger partial charge in [0.05, 0.1) is 18.7 Å². The van der Waals surface area contributed by atoms with Gasteiger partial charge in [-0.2, -0.15) is 0 Å². The minimum absolute atomic E-state index is 0.0813. The fourth-order valence-corrected chi connectivity index (χ4v) is 1.54. The van der Waals surface area contributed by atoms with Crippen LogP contribution in [0.3, 0.4) is 0 Å². The molecule has 1 atom stereocenters. The molecule has 1 rings (SSSR count). The summed E-state index contributed by atoms with van der Waals surface area (Å²) >= 11 is 0. The van der Waals surface area contributed by atoms with E-state index in [4.69, 9.17) is 10.5 Å². The molecule has 0 aromatic heterocycles. The van der Waals surface area contributed by atoms with Crippen LogP contribution in [0.5, 0.6) is 5.75 Å². The predicted octanol–water partition coefficient (Wildman–Crippen LogP) is 1.79. The molecule has 15 heavy (non-hydrogen) atoms. The number of Topliss-reactive ketones (excluding diaryl/α,β-unsaturated/α-hetero) is 1. The van der Waals surface area contributed by atoms with Gasteiger partial charge in [0.25, 0.3) is 0 Å². The molecule has 3 heteroatoms. The summed E-state index contributed by atoms with van der Waals surface area (Å²) in [5.74, 6) is 0.574. The first-order valence-corrected chi connectivity index (χ1v) is 5.07. The molecule has 3 nitrogen and oxygen atoms in total. The molecule has 0 saturated heterocycles. The van der Waals surface area contributed by atoms with E-state index in [2.05, 4.69) is 0 Å². The van der Waals surface area contributed by atoms with Crippen molar-refractivity contribution in [3.63, 3.8) is 0 Å². The van der Waals surface area contributed by atoms with E-state index in [1.165, 1.54) is 0 Å². The van der Waals surface area contributed by atoms with E-state index in [1.54, 1.807) is 20.1 Å². The van der Waals surface area contributed by atoms with E-state index in [9.17, 15) is 4.79 Å². The SMILES string of the molecule is CCc1cccc(C(=O)C(C)N)c1OC. The normalized spacial score (nSPS) is 12.3. The van der Waals surface area contributed by atoms with Gasteiger partial charge in [-0.15, -0.1) is 0 Å². The molecule has 0 aliphatic rings. The highest BCUT2D eigenvalue weighted by atomic mass is 16.5. The Morgan fingerprint density at radius 3 is 2.67 bits per heavy atom. The van der Waals surface area contributed by atoms with Gasteiger partial charge in [0.1, 0.15) is 5.75 Å². The van der Waals surface area contributed by atoms with Gasteiger partial charge < -0.3 is 10.5 Å². The van der Waals surface area contributed by atoms with Gasteiger partial charge in [0, 0.05) is 0 Å². The first-order chi connectivity index (χ1) is 7.11. The second-order valence-corrected chi connectivity index (χ2v) is 3.50. The fourth-order valence-electron chi connectivity index (χ4n) is 1.54. The molecule has 1 aromatic rings. The van der Waals surface area contributed by atoms with E-state index in [1.807, 2.05) is 19.1 Å². The van der Waals surface area contributed by atoms with Gasteiger partial charge in [-0.05, 0) is 25.0 Å². The summed E-state index contributed by atoms with van der Waals surface area (Å²) in [5, 5.41) is 0. The van der Waals surface area contributed by atoms with Crippen LogP contribution >= 0.6 is 0 Å². The number of aryl methyl sites for hydroxylation is 1. The lowest BCUT2D eigenvalue weighted by Crippen LogP contribution is -2.27. The van der Waals surface area contributed by atoms with Crippen LogP contribution in [0.1, 0.15) is 29.8 Å². The van der Waals surface area contributed by atoms with Crippen LogP contribution in [0.2, 0.25) is 0 Å². The number of para-hydroxylation sites is 1. The van der Waals surface area contributed by atoms with Crippen molar-refractivity contribution in [1.82, 2.24) is 0 Å². The molecule has 1 aromatic carbocycles. The van der Waals surface area contributed by atoms with Crippen molar-refractivity contribution in [2.45, 2.75) is 26.3 Å². The minimum atomic E-state index is -0.494. The van der Waals surface area contributed by atoms with Crippen molar-refractivity contribution in [2.75, 3.05) is 7.11 Å². The summed E-state index contributed by atoms with van der Waals surface area (Å²) in [5.41, 5.74) is 7.19. The first kappa shape index (κ1) is 11.7. The average Bonchev–Trinajstić information content (AvgIpc) is 2.26. The fraction of sp³-hybridized carbons (Fsp3) is 0.417. The lowest BCUT2D eigenvalue weighted by atomic mass is 10.0. The van der Waals surface area contributed by atoms with E-state index in [0.717, 1.165) is 12.0 Å². The number of ether oxygens (including phenoxy) is 1. The lowest BCUT2D eigenvalue weighted by Gasteiger charge is -2.13. The Morgan fingerprint density at radius 1 is 1.53 bits per heavy atom. The summed E-state index contributed by atoms with van der Waals surface area (Å²) in [7, 11) is 1.58. The molecule has 0 aliphatic carbocycles. The largest absolute Gasteiger partial charge is 0.496 e. The smallest absolute Gasteiger partial charge is 0.182 e. The Kier molecular flexibility index (Phi) is 3.86. The Hall–Kier alpha value is -1.35. The number of rotatable bonds is 4. The molecule has 0 aliphatic heterocycles. The highest BCUT2D eigenvalue weighted by Crippen LogP contribution is 2.25. The van der Waals surface area contributed by atoms with Crippen molar-refractivity contribution in [1.29, 1.82) is 0 Å². The maximum absolute atomic E-state index is 11.8. The van der Waals surface area contributed by atoms with Gasteiger partial charge in [-0.25, -0.2) is 0 Å². The highest BCUT2D eigenvalue weighted by molar-refractivity contribution is 6.02. The van der Waals surface area contributed by atoms with Gasteiger partial charge in [-0.1, -0.05) is 19.1 Å². The van der Waals surface area contributed by atoms with Crippen LogP contribution in [0.25, 0.3) is 0 Å². The van der Waals surface area contributed by atoms with Crippen molar-refractivity contribution in [3.8, 4) is 5.75 Å². The topological polar surface area (TPSA) is 52.3 Å². The maximum atomic E-state index is 11.8. The zero-order chi connectivity index (χ0) is 11.4. The lowest BCUT2D eigenvalue weighted by molar-refractivity contribution is 0.0965. The van der Waals surface area contributed by atoms with Crippen molar-refractivity contribution >= 4 is 5.78 Å². The number of ketones is 1. The van der Waals surface area contributed by atoms with E-state index in [0.29, 0.717) is 11.3 Å². The van der Waals surface area contributed by atoms with Crippen molar-refractivity contribution in [2.24, 2.45) is 5.73 Å². The summed E-state index contributed by atoms with van der Waals surface area (Å²) in [6.07, 6.45) is 0.837. The van der Waals surface area contributed by atoms with Crippen LogP contribution in [0.15, 0.2) is 18.2 Å². The standard InChI is InChI=1S/C12H17NO2/c1-4-9-6-5-7-10(12(9)15-3)11(14)8(2)13/h5-8H,4,13H2,1-3H3. The van der Waals surface area contributed by atoms with Gasteiger partial charge in [-0.3, -0.25) is 4.79 Å². The molecule has 0 radical (unpaired) electrons. The van der Waals surface area contributed by atoms with Crippen LogP contribution in [0.4, 0.5) is 0 Å². The number of benzene rings is 1. The van der Waals surface area contributed by atoms with Crippen molar-refractivity contribution < 1.29 is 9.53 Å². The molecule has 0 saturated carbocycles. The van der Waals surface area contributed by atoms with Gasteiger partial charge in [0.2, 0.25) is 0 Å². The summed E-state index contributed by atoms with van der Waals surface area (Å²) < 4.78 is 5.26. The van der Waals surface area contributed by atoms with Crippen LogP contribution in [0, 0.1) is 0 Å². The minimum Gasteiger partial charge on any atom is -0.496 e. The molecule has 0 spiro atoms. The van der Waals surface area contributed by atoms with Crippen molar-refractivity contribution in [3.05, 3.63) is 29.3 Å². The third kappa shape index (κ3) is 2.36. The Balaban J connectivity index is 3.23. The number of hydrogen-bond donors (Lipinski definition) is 1. The Bertz CT molecular complexity index is 359. The molecular formula is C12H17NO2. The third-order valence-electron chi connectivity index (χ3n) is 2.36. The number of methoxy groups -OCH3 is 1. The highest BCUT2D eigenvalue weighted by Gasteiger charge is 2.17. The zero-order valence-corrected chi connectivity index (χ0v) is 9.41. The molecule has 0 bridgehead atoms. The molecule has 0 heterocycles. The average molecular weight is 207 g/mol. The second-order valence-electron chi connectivity index (χ2n) is 3.50. The number of carbonyl (C=O) groups excluding carboxylic acids is 1. The molecule has 2 N–H and O–H groups in total. The van der Waals surface area contributed by atoms with E-state index < -0.39 is 6.04 Å². The number of hydrogen-bond acceptors (Lipinski definition) is 3.